The summed E-state index contributed by atoms with van der Waals surface area (Å²) in [6.07, 6.45) is 1.40. The first kappa shape index (κ1) is 30.5. The van der Waals surface area contributed by atoms with Crippen LogP contribution in [-0.4, -0.2) is 57.1 Å². The minimum Gasteiger partial charge on any atom is -0.497 e. The number of benzene rings is 3. The van der Waals surface area contributed by atoms with E-state index in [2.05, 4.69) is 5.32 Å². The maximum atomic E-state index is 13.8. The van der Waals surface area contributed by atoms with E-state index in [0.717, 1.165) is 16.1 Å². The smallest absolute Gasteiger partial charge is 0.244 e. The number of hydrogen-bond acceptors (Lipinski definition) is 6. The molecule has 0 saturated heterocycles. The zero-order chi connectivity index (χ0) is 29.3. The molecule has 0 aliphatic heterocycles. The first-order valence-electron chi connectivity index (χ1n) is 13.0. The van der Waals surface area contributed by atoms with Gasteiger partial charge in [-0.3, -0.25) is 13.9 Å². The molecule has 0 heterocycles. The molecule has 40 heavy (non-hydrogen) atoms. The third-order valence-electron chi connectivity index (χ3n) is 6.11. The van der Waals surface area contributed by atoms with E-state index in [-0.39, 0.29) is 18.5 Å². The molecule has 0 bridgehead atoms. The van der Waals surface area contributed by atoms with E-state index in [0.29, 0.717) is 29.4 Å². The van der Waals surface area contributed by atoms with Gasteiger partial charge in [0.2, 0.25) is 21.8 Å². The summed E-state index contributed by atoms with van der Waals surface area (Å²) < 4.78 is 37.8. The van der Waals surface area contributed by atoms with E-state index in [1.165, 1.54) is 4.90 Å². The van der Waals surface area contributed by atoms with Gasteiger partial charge < -0.3 is 19.7 Å². The van der Waals surface area contributed by atoms with Crippen molar-refractivity contribution in [2.45, 2.75) is 45.8 Å². The summed E-state index contributed by atoms with van der Waals surface area (Å²) in [4.78, 5) is 28.3. The molecule has 3 aromatic carbocycles. The number of hydrogen-bond donors (Lipinski definition) is 1. The summed E-state index contributed by atoms with van der Waals surface area (Å²) in [5.74, 6) is 1.02. The Balaban J connectivity index is 1.89. The van der Waals surface area contributed by atoms with Gasteiger partial charge in [0.15, 0.2) is 0 Å². The Labute approximate surface area is 236 Å². The number of nitrogens with one attached hydrogen (secondary N) is 1. The molecule has 1 N–H and O–H groups in total. The lowest BCUT2D eigenvalue weighted by atomic mass is 10.1. The molecule has 3 aromatic rings. The molecule has 0 aromatic heterocycles. The number of sulfonamides is 1. The van der Waals surface area contributed by atoms with Gasteiger partial charge in [0.1, 0.15) is 29.8 Å². The van der Waals surface area contributed by atoms with E-state index in [1.54, 1.807) is 43.5 Å². The molecule has 0 saturated carbocycles. The number of rotatable bonds is 13. The maximum Gasteiger partial charge on any atom is 0.244 e. The highest BCUT2D eigenvalue weighted by Crippen LogP contribution is 2.26. The second-order valence-corrected chi connectivity index (χ2v) is 11.5. The minimum absolute atomic E-state index is 0.119. The maximum absolute atomic E-state index is 13.8. The van der Waals surface area contributed by atoms with Crippen molar-refractivity contribution in [1.82, 2.24) is 10.2 Å². The summed E-state index contributed by atoms with van der Waals surface area (Å²) in [6, 6.07) is 21.9. The second-order valence-electron chi connectivity index (χ2n) is 9.64. The van der Waals surface area contributed by atoms with Gasteiger partial charge in [0.05, 0.1) is 19.1 Å². The first-order chi connectivity index (χ1) is 19.0. The van der Waals surface area contributed by atoms with E-state index in [4.69, 9.17) is 9.47 Å². The number of nitrogens with zero attached hydrogens (tertiary/aromatic N) is 2. The molecule has 1 unspecified atom stereocenters. The van der Waals surface area contributed by atoms with E-state index >= 15 is 0 Å². The van der Waals surface area contributed by atoms with Crippen LogP contribution in [0.25, 0.3) is 0 Å². The lowest BCUT2D eigenvalue weighted by Gasteiger charge is -2.33. The molecule has 0 fully saturated rings. The number of carbonyl (C=O) groups is 2. The van der Waals surface area contributed by atoms with Crippen LogP contribution in [0.15, 0.2) is 78.9 Å². The van der Waals surface area contributed by atoms with Crippen molar-refractivity contribution in [3.05, 3.63) is 84.4 Å². The number of amides is 2. The number of ether oxygens (including phenoxy) is 2. The fraction of sp³-hybridized carbons (Fsp3) is 0.333. The molecule has 3 rings (SSSR count). The average Bonchev–Trinajstić information content (AvgIpc) is 2.92. The monoisotopic (exact) mass is 567 g/mol. The minimum atomic E-state index is -3.84. The van der Waals surface area contributed by atoms with Gasteiger partial charge in [-0.1, -0.05) is 37.3 Å². The third kappa shape index (κ3) is 8.47. The fourth-order valence-electron chi connectivity index (χ4n) is 4.15. The predicted octanol–water partition coefficient (Wildman–Crippen LogP) is 4.59. The fourth-order valence-corrected chi connectivity index (χ4v) is 5.00. The van der Waals surface area contributed by atoms with Crippen LogP contribution in [0.4, 0.5) is 5.69 Å². The Bertz CT molecular complexity index is 1360. The summed E-state index contributed by atoms with van der Waals surface area (Å²) in [6.45, 7) is 5.15. The van der Waals surface area contributed by atoms with Gasteiger partial charge in [-0.2, -0.15) is 0 Å². The van der Waals surface area contributed by atoms with Gasteiger partial charge in [-0.25, -0.2) is 8.42 Å². The third-order valence-corrected chi connectivity index (χ3v) is 7.25. The van der Waals surface area contributed by atoms with Crippen molar-refractivity contribution >= 4 is 27.5 Å². The van der Waals surface area contributed by atoms with Crippen LogP contribution < -0.4 is 19.1 Å². The van der Waals surface area contributed by atoms with Gasteiger partial charge >= 0.3 is 0 Å². The standard InChI is InChI=1S/C30H37N3O6S/c1-6-28(30(35)31-22(2)3)32(20-23-12-16-25(38-4)17-13-23)29(34)21-33(40(5,36)37)24-14-18-27(19-15-24)39-26-10-8-7-9-11-26/h7-19,22,28H,6,20-21H2,1-5H3,(H,31,35). The van der Waals surface area contributed by atoms with Crippen LogP contribution in [0.2, 0.25) is 0 Å². The van der Waals surface area contributed by atoms with Crippen LogP contribution >= 0.6 is 0 Å². The molecule has 1 atom stereocenters. The van der Waals surface area contributed by atoms with Crippen LogP contribution in [0.3, 0.4) is 0 Å². The molecule has 10 heteroatoms. The van der Waals surface area contributed by atoms with E-state index in [9.17, 15) is 18.0 Å². The summed E-state index contributed by atoms with van der Waals surface area (Å²) >= 11 is 0. The zero-order valence-electron chi connectivity index (χ0n) is 23.5. The van der Waals surface area contributed by atoms with Crippen molar-refractivity contribution < 1.29 is 27.5 Å². The first-order valence-corrected chi connectivity index (χ1v) is 14.9. The van der Waals surface area contributed by atoms with Crippen LogP contribution in [0.5, 0.6) is 17.2 Å². The SMILES string of the molecule is CCC(C(=O)NC(C)C)N(Cc1ccc(OC)cc1)C(=O)CN(c1ccc(Oc2ccccc2)cc1)S(C)(=O)=O. The highest BCUT2D eigenvalue weighted by molar-refractivity contribution is 7.92. The van der Waals surface area contributed by atoms with Crippen LogP contribution in [-0.2, 0) is 26.2 Å². The van der Waals surface area contributed by atoms with Gasteiger partial charge in [0, 0.05) is 12.6 Å². The van der Waals surface area contributed by atoms with Crippen molar-refractivity contribution in [2.75, 3.05) is 24.2 Å². The molecular formula is C30H37N3O6S. The quantitative estimate of drug-likeness (QED) is 0.324. The summed E-state index contributed by atoms with van der Waals surface area (Å²) in [5, 5.41) is 2.88. The molecule has 0 radical (unpaired) electrons. The average molecular weight is 568 g/mol. The molecule has 0 aliphatic rings. The van der Waals surface area contributed by atoms with Crippen LogP contribution in [0, 0.1) is 0 Å². The second kappa shape index (κ2) is 13.8. The zero-order valence-corrected chi connectivity index (χ0v) is 24.4. The number of carbonyl (C=O) groups excluding carboxylic acids is 2. The molecule has 9 nitrogen and oxygen atoms in total. The molecule has 214 valence electrons. The number of para-hydroxylation sites is 1. The van der Waals surface area contributed by atoms with Crippen molar-refractivity contribution in [3.63, 3.8) is 0 Å². The Morgan fingerprint density at radius 2 is 1.45 bits per heavy atom. The van der Waals surface area contributed by atoms with Gasteiger partial charge in [0.25, 0.3) is 0 Å². The summed E-state index contributed by atoms with van der Waals surface area (Å²) in [5.41, 5.74) is 1.08. The van der Waals surface area contributed by atoms with Crippen molar-refractivity contribution in [3.8, 4) is 17.2 Å². The topological polar surface area (TPSA) is 105 Å². The molecule has 2 amide bonds. The largest absolute Gasteiger partial charge is 0.497 e. The van der Waals surface area contributed by atoms with E-state index < -0.39 is 28.5 Å². The van der Waals surface area contributed by atoms with Crippen LogP contribution in [0.1, 0.15) is 32.8 Å². The normalized spacial score (nSPS) is 11.9. The molecule has 0 aliphatic carbocycles. The van der Waals surface area contributed by atoms with Gasteiger partial charge in [-0.05, 0) is 74.4 Å². The van der Waals surface area contributed by atoms with Crippen molar-refractivity contribution in [1.29, 1.82) is 0 Å². The summed E-state index contributed by atoms with van der Waals surface area (Å²) in [7, 11) is -2.28. The Kier molecular flexibility index (Phi) is 10.6. The Morgan fingerprint density at radius 1 is 0.875 bits per heavy atom. The Hall–Kier alpha value is -4.05. The highest BCUT2D eigenvalue weighted by Gasteiger charge is 2.32. The van der Waals surface area contributed by atoms with Crippen molar-refractivity contribution in [2.24, 2.45) is 0 Å². The molecular weight excluding hydrogens is 530 g/mol. The lowest BCUT2D eigenvalue weighted by molar-refractivity contribution is -0.140. The number of methoxy groups -OCH3 is 1. The molecule has 0 spiro atoms. The van der Waals surface area contributed by atoms with E-state index in [1.807, 2.05) is 63.2 Å². The lowest BCUT2D eigenvalue weighted by Crippen LogP contribution is -2.53. The van der Waals surface area contributed by atoms with Gasteiger partial charge in [-0.15, -0.1) is 0 Å². The Morgan fingerprint density at radius 3 is 1.98 bits per heavy atom. The predicted molar refractivity (Wildman–Crippen MR) is 156 cm³/mol. The number of anilines is 1. The highest BCUT2D eigenvalue weighted by atomic mass is 32.2.